The van der Waals surface area contributed by atoms with E-state index in [1.807, 2.05) is 60.1 Å². The topological polar surface area (TPSA) is 72.4 Å². The number of anilines is 1. The van der Waals surface area contributed by atoms with Gasteiger partial charge in [-0.05, 0) is 30.7 Å². The number of rotatable bonds is 3. The highest BCUT2D eigenvalue weighted by Crippen LogP contribution is 2.25. The van der Waals surface area contributed by atoms with Crippen molar-refractivity contribution in [1.82, 2.24) is 14.5 Å². The molecule has 3 aromatic heterocycles. The monoisotopic (exact) mass is 318 g/mol. The third kappa shape index (κ3) is 2.54. The molecule has 4 aromatic rings. The van der Waals surface area contributed by atoms with Crippen molar-refractivity contribution in [1.29, 1.82) is 0 Å². The van der Waals surface area contributed by atoms with Crippen molar-refractivity contribution in [2.45, 2.75) is 6.92 Å². The van der Waals surface area contributed by atoms with Crippen molar-refractivity contribution in [2.75, 3.05) is 5.32 Å². The van der Waals surface area contributed by atoms with E-state index < -0.39 is 0 Å². The van der Waals surface area contributed by atoms with Gasteiger partial charge in [-0.3, -0.25) is 4.79 Å². The van der Waals surface area contributed by atoms with Gasteiger partial charge in [-0.1, -0.05) is 23.4 Å². The van der Waals surface area contributed by atoms with Crippen LogP contribution < -0.4 is 5.32 Å². The van der Waals surface area contributed by atoms with Gasteiger partial charge in [0.05, 0.1) is 11.9 Å². The second-order valence-corrected chi connectivity index (χ2v) is 5.45. The minimum atomic E-state index is -0.331. The summed E-state index contributed by atoms with van der Waals surface area (Å²) in [6.45, 7) is 1.93. The summed E-state index contributed by atoms with van der Waals surface area (Å²) in [5.41, 5.74) is 4.31. The number of aryl methyl sites for hydroxylation is 1. The Balaban J connectivity index is 1.69. The molecule has 118 valence electrons. The minimum absolute atomic E-state index is 0.174. The molecule has 6 heteroatoms. The second kappa shape index (κ2) is 5.66. The largest absolute Gasteiger partial charge is 0.351 e. The molecule has 0 bridgehead atoms. The van der Waals surface area contributed by atoms with Crippen molar-refractivity contribution in [3.05, 3.63) is 72.4 Å². The molecule has 3 heterocycles. The molecule has 0 fully saturated rings. The third-order valence-electron chi connectivity index (χ3n) is 3.81. The first-order valence-corrected chi connectivity index (χ1v) is 7.47. The minimum Gasteiger partial charge on any atom is -0.351 e. The zero-order chi connectivity index (χ0) is 16.5. The van der Waals surface area contributed by atoms with Gasteiger partial charge in [0.15, 0.2) is 0 Å². The van der Waals surface area contributed by atoms with Crippen LogP contribution in [0.25, 0.3) is 16.9 Å². The number of nitrogens with zero attached hydrogens (tertiary/aromatic N) is 3. The van der Waals surface area contributed by atoms with Crippen LogP contribution in [-0.4, -0.2) is 20.4 Å². The van der Waals surface area contributed by atoms with E-state index in [4.69, 9.17) is 4.52 Å². The summed E-state index contributed by atoms with van der Waals surface area (Å²) >= 11 is 0. The summed E-state index contributed by atoms with van der Waals surface area (Å²) in [6.07, 6.45) is 5.35. The average molecular weight is 318 g/mol. The summed E-state index contributed by atoms with van der Waals surface area (Å²) in [6, 6.07) is 13.2. The summed E-state index contributed by atoms with van der Waals surface area (Å²) in [7, 11) is 0. The molecule has 0 saturated heterocycles. The van der Waals surface area contributed by atoms with Gasteiger partial charge in [0.25, 0.3) is 5.91 Å². The van der Waals surface area contributed by atoms with Crippen LogP contribution in [-0.2, 0) is 0 Å². The summed E-state index contributed by atoms with van der Waals surface area (Å²) < 4.78 is 6.84. The number of carbonyl (C=O) groups excluding carboxylic acids is 1. The highest BCUT2D eigenvalue weighted by Gasteiger charge is 2.13. The number of hydrogen-bond acceptors (Lipinski definition) is 4. The van der Waals surface area contributed by atoms with Gasteiger partial charge in [0.2, 0.25) is 5.76 Å². The maximum absolute atomic E-state index is 12.2. The van der Waals surface area contributed by atoms with Crippen molar-refractivity contribution < 1.29 is 9.32 Å². The van der Waals surface area contributed by atoms with E-state index in [1.165, 1.54) is 12.3 Å². The molecule has 0 radical (unpaired) electrons. The van der Waals surface area contributed by atoms with Crippen LogP contribution in [0.15, 0.2) is 65.6 Å². The number of fused-ring (bicyclic) bond motifs is 1. The number of pyridine rings is 1. The Labute approximate surface area is 137 Å². The fraction of sp³-hybridized carbons (Fsp3) is 0.0556. The summed E-state index contributed by atoms with van der Waals surface area (Å²) in [4.78, 5) is 16.8. The lowest BCUT2D eigenvalue weighted by molar-refractivity contribution is 0.0988. The Hall–Kier alpha value is -3.41. The molecule has 4 rings (SSSR count). The van der Waals surface area contributed by atoms with E-state index in [-0.39, 0.29) is 11.7 Å². The number of benzene rings is 1. The first-order valence-electron chi connectivity index (χ1n) is 7.47. The van der Waals surface area contributed by atoms with Crippen LogP contribution in [0.2, 0.25) is 0 Å². The van der Waals surface area contributed by atoms with E-state index in [2.05, 4.69) is 15.5 Å². The van der Waals surface area contributed by atoms with E-state index in [0.29, 0.717) is 5.69 Å². The quantitative estimate of drug-likeness (QED) is 0.627. The van der Waals surface area contributed by atoms with Crippen molar-refractivity contribution >= 4 is 17.2 Å². The molecule has 0 aliphatic carbocycles. The Morgan fingerprint density at radius 1 is 1.21 bits per heavy atom. The van der Waals surface area contributed by atoms with Gasteiger partial charge in [0.1, 0.15) is 5.65 Å². The van der Waals surface area contributed by atoms with Crippen LogP contribution in [0.5, 0.6) is 0 Å². The number of hydrogen-bond donors (Lipinski definition) is 1. The lowest BCUT2D eigenvalue weighted by atomic mass is 10.1. The highest BCUT2D eigenvalue weighted by atomic mass is 16.5. The van der Waals surface area contributed by atoms with E-state index >= 15 is 0 Å². The Morgan fingerprint density at radius 3 is 2.92 bits per heavy atom. The Kier molecular flexibility index (Phi) is 3.35. The van der Waals surface area contributed by atoms with Crippen molar-refractivity contribution in [2.24, 2.45) is 0 Å². The number of amides is 1. The molecule has 1 N–H and O–H groups in total. The molecule has 0 saturated carbocycles. The zero-order valence-electron chi connectivity index (χ0n) is 12.9. The fourth-order valence-corrected chi connectivity index (χ4v) is 2.51. The van der Waals surface area contributed by atoms with Crippen LogP contribution in [0.1, 0.15) is 16.1 Å². The summed E-state index contributed by atoms with van der Waals surface area (Å²) in [5, 5.41) is 6.40. The Morgan fingerprint density at radius 2 is 2.12 bits per heavy atom. The van der Waals surface area contributed by atoms with Crippen molar-refractivity contribution in [3.8, 4) is 11.3 Å². The normalized spacial score (nSPS) is 10.9. The zero-order valence-corrected chi connectivity index (χ0v) is 12.9. The van der Waals surface area contributed by atoms with Crippen LogP contribution in [0.3, 0.4) is 0 Å². The maximum Gasteiger partial charge on any atom is 0.294 e. The predicted molar refractivity (Wildman–Crippen MR) is 89.8 cm³/mol. The molecule has 0 unspecified atom stereocenters. The highest BCUT2D eigenvalue weighted by molar-refractivity contribution is 6.02. The van der Waals surface area contributed by atoms with Crippen LogP contribution in [0.4, 0.5) is 5.69 Å². The maximum atomic E-state index is 12.2. The molecule has 24 heavy (non-hydrogen) atoms. The molecule has 1 aromatic carbocycles. The SMILES string of the molecule is Cc1ccc(-c2cn3ccccc3n2)cc1NC(=O)c1ccno1. The average Bonchev–Trinajstić information content (AvgIpc) is 3.26. The van der Waals surface area contributed by atoms with Gasteiger partial charge >= 0.3 is 0 Å². The molecule has 0 atom stereocenters. The van der Waals surface area contributed by atoms with Gasteiger partial charge in [0, 0.05) is 29.7 Å². The second-order valence-electron chi connectivity index (χ2n) is 5.45. The fourth-order valence-electron chi connectivity index (χ4n) is 2.51. The van der Waals surface area contributed by atoms with Crippen molar-refractivity contribution in [3.63, 3.8) is 0 Å². The van der Waals surface area contributed by atoms with E-state index in [9.17, 15) is 4.79 Å². The van der Waals surface area contributed by atoms with E-state index in [1.54, 1.807) is 0 Å². The molecule has 0 aliphatic heterocycles. The third-order valence-corrected chi connectivity index (χ3v) is 3.81. The molecular formula is C18H14N4O2. The molecule has 6 nitrogen and oxygen atoms in total. The predicted octanol–water partition coefficient (Wildman–Crippen LogP) is 3.55. The molecular weight excluding hydrogens is 304 g/mol. The first-order chi connectivity index (χ1) is 11.7. The van der Waals surface area contributed by atoms with Crippen LogP contribution in [0, 0.1) is 6.92 Å². The number of aromatic nitrogens is 3. The van der Waals surface area contributed by atoms with Gasteiger partial charge in [-0.25, -0.2) is 4.98 Å². The Bertz CT molecular complexity index is 986. The van der Waals surface area contributed by atoms with Gasteiger partial charge < -0.3 is 14.2 Å². The molecule has 0 aliphatic rings. The number of carbonyl (C=O) groups is 1. The standard InChI is InChI=1S/C18H14N4O2/c1-12-5-6-13(15-11-22-9-3-2-4-17(22)20-15)10-14(12)21-18(23)16-7-8-19-24-16/h2-11H,1H3,(H,21,23). The van der Waals surface area contributed by atoms with Gasteiger partial charge in [-0.2, -0.15) is 0 Å². The smallest absolute Gasteiger partial charge is 0.294 e. The summed E-state index contributed by atoms with van der Waals surface area (Å²) in [5.74, 6) is -0.157. The molecule has 0 spiro atoms. The number of imidazole rings is 1. The first kappa shape index (κ1) is 14.2. The lowest BCUT2D eigenvalue weighted by Gasteiger charge is -2.08. The molecule has 1 amide bonds. The lowest BCUT2D eigenvalue weighted by Crippen LogP contribution is -2.11. The van der Waals surface area contributed by atoms with Crippen LogP contribution >= 0.6 is 0 Å². The number of nitrogens with one attached hydrogen (secondary N) is 1. The van der Waals surface area contributed by atoms with Gasteiger partial charge in [-0.15, -0.1) is 0 Å². The van der Waals surface area contributed by atoms with E-state index in [0.717, 1.165) is 22.5 Å².